The molecule has 0 aliphatic carbocycles. The number of rotatable bonds is 5. The minimum atomic E-state index is -0.503. The maximum atomic E-state index is 11.5. The molecule has 0 radical (unpaired) electrons. The topological polar surface area (TPSA) is 87.3 Å². The number of nitrogens with zero attached hydrogens (tertiary/aromatic N) is 3. The minimum absolute atomic E-state index is 0.0873. The van der Waals surface area contributed by atoms with Crippen molar-refractivity contribution in [3.63, 3.8) is 0 Å². The van der Waals surface area contributed by atoms with Crippen LogP contribution >= 0.6 is 11.6 Å². The first-order chi connectivity index (χ1) is 10.0. The fraction of sp³-hybridized carbons (Fsp3) is 0.231. The van der Waals surface area contributed by atoms with Crippen molar-refractivity contribution in [3.05, 3.63) is 56.9 Å². The molecular formula is C13H12ClN3O4. The Morgan fingerprint density at radius 3 is 2.95 bits per heavy atom. The van der Waals surface area contributed by atoms with Crippen LogP contribution in [0.3, 0.4) is 0 Å². The van der Waals surface area contributed by atoms with E-state index in [-0.39, 0.29) is 29.4 Å². The lowest BCUT2D eigenvalue weighted by Gasteiger charge is -2.05. The molecule has 0 fully saturated rings. The molecule has 0 aliphatic rings. The molecule has 2 rings (SSSR count). The van der Waals surface area contributed by atoms with Crippen molar-refractivity contribution in [3.8, 4) is 0 Å². The Bertz CT molecular complexity index is 684. The Balaban J connectivity index is 2.27. The summed E-state index contributed by atoms with van der Waals surface area (Å²) in [6.07, 6.45) is 2.81. The summed E-state index contributed by atoms with van der Waals surface area (Å²) in [7, 11) is 0. The average Bonchev–Trinajstić information content (AvgIpc) is 2.90. The van der Waals surface area contributed by atoms with Crippen LogP contribution in [0, 0.1) is 10.1 Å². The van der Waals surface area contributed by atoms with Crippen LogP contribution < -0.4 is 0 Å². The zero-order chi connectivity index (χ0) is 15.4. The quantitative estimate of drug-likeness (QED) is 0.481. The second-order valence-electron chi connectivity index (χ2n) is 4.14. The van der Waals surface area contributed by atoms with Gasteiger partial charge in [-0.3, -0.25) is 14.8 Å². The molecule has 0 atom stereocenters. The average molecular weight is 310 g/mol. The molecule has 7 nitrogen and oxygen atoms in total. The van der Waals surface area contributed by atoms with E-state index in [0.717, 1.165) is 0 Å². The molecule has 0 aliphatic heterocycles. The summed E-state index contributed by atoms with van der Waals surface area (Å²) >= 11 is 6.01. The van der Waals surface area contributed by atoms with E-state index in [9.17, 15) is 14.9 Å². The van der Waals surface area contributed by atoms with Crippen LogP contribution in [-0.2, 0) is 11.3 Å². The van der Waals surface area contributed by atoms with Crippen LogP contribution in [0.2, 0.25) is 5.02 Å². The lowest BCUT2D eigenvalue weighted by atomic mass is 10.2. The zero-order valence-corrected chi connectivity index (χ0v) is 11.9. The smallest absolute Gasteiger partial charge is 0.341 e. The molecule has 1 aromatic heterocycles. The van der Waals surface area contributed by atoms with Gasteiger partial charge in [-0.25, -0.2) is 4.79 Å². The van der Waals surface area contributed by atoms with Crippen molar-refractivity contribution in [2.45, 2.75) is 13.5 Å². The second-order valence-corrected chi connectivity index (χ2v) is 4.55. The van der Waals surface area contributed by atoms with E-state index in [0.29, 0.717) is 5.56 Å². The summed E-state index contributed by atoms with van der Waals surface area (Å²) in [6.45, 7) is 2.06. The molecule has 0 saturated carbocycles. The number of carbonyl (C=O) groups is 1. The summed E-state index contributed by atoms with van der Waals surface area (Å²) in [6, 6.07) is 4.45. The summed E-state index contributed by atoms with van der Waals surface area (Å²) < 4.78 is 6.25. The third-order valence-corrected chi connectivity index (χ3v) is 3.11. The number of hydrogen-bond acceptors (Lipinski definition) is 5. The molecule has 0 bridgehead atoms. The van der Waals surface area contributed by atoms with Gasteiger partial charge in [-0.1, -0.05) is 17.7 Å². The summed E-state index contributed by atoms with van der Waals surface area (Å²) in [5.41, 5.74) is 0.532. The van der Waals surface area contributed by atoms with Gasteiger partial charge in [0.15, 0.2) is 0 Å². The predicted octanol–water partition coefficient (Wildman–Crippen LogP) is 2.67. The van der Waals surface area contributed by atoms with Crippen molar-refractivity contribution >= 4 is 23.3 Å². The van der Waals surface area contributed by atoms with Crippen molar-refractivity contribution in [1.82, 2.24) is 9.78 Å². The fourth-order valence-electron chi connectivity index (χ4n) is 1.81. The normalized spacial score (nSPS) is 10.4. The second kappa shape index (κ2) is 6.36. The molecule has 1 heterocycles. The van der Waals surface area contributed by atoms with Crippen LogP contribution in [-0.4, -0.2) is 27.3 Å². The van der Waals surface area contributed by atoms with E-state index < -0.39 is 10.9 Å². The van der Waals surface area contributed by atoms with E-state index in [1.165, 1.54) is 29.2 Å². The van der Waals surface area contributed by atoms with Crippen molar-refractivity contribution in [2.75, 3.05) is 6.61 Å². The van der Waals surface area contributed by atoms with Gasteiger partial charge in [-0.2, -0.15) is 5.10 Å². The van der Waals surface area contributed by atoms with Gasteiger partial charge in [0, 0.05) is 12.3 Å². The molecule has 0 unspecified atom stereocenters. The predicted molar refractivity (Wildman–Crippen MR) is 75.4 cm³/mol. The Hall–Kier alpha value is -2.41. The number of benzene rings is 1. The largest absolute Gasteiger partial charge is 0.462 e. The molecular weight excluding hydrogens is 298 g/mol. The van der Waals surface area contributed by atoms with Gasteiger partial charge in [0.2, 0.25) is 0 Å². The number of hydrogen-bond donors (Lipinski definition) is 0. The maximum absolute atomic E-state index is 11.5. The third-order valence-electron chi connectivity index (χ3n) is 2.76. The molecule has 110 valence electrons. The number of ether oxygens (including phenoxy) is 1. The lowest BCUT2D eigenvalue weighted by Crippen LogP contribution is -2.05. The van der Waals surface area contributed by atoms with Crippen LogP contribution in [0.1, 0.15) is 22.8 Å². The van der Waals surface area contributed by atoms with E-state index >= 15 is 0 Å². The molecule has 21 heavy (non-hydrogen) atoms. The molecule has 2 aromatic rings. The Morgan fingerprint density at radius 2 is 2.29 bits per heavy atom. The number of carbonyl (C=O) groups excluding carboxylic acids is 1. The van der Waals surface area contributed by atoms with Gasteiger partial charge in [0.25, 0.3) is 5.69 Å². The van der Waals surface area contributed by atoms with Gasteiger partial charge >= 0.3 is 5.97 Å². The standard InChI is InChI=1S/C13H12ClN3O4/c1-2-21-13(18)9-6-15-16(7-9)8-10-11(14)4-3-5-12(10)17(19)20/h3-7H,2,8H2,1H3. The zero-order valence-electron chi connectivity index (χ0n) is 11.2. The van der Waals surface area contributed by atoms with Gasteiger partial charge in [0.05, 0.1) is 40.4 Å². The lowest BCUT2D eigenvalue weighted by molar-refractivity contribution is -0.385. The Kier molecular flexibility index (Phi) is 4.54. The maximum Gasteiger partial charge on any atom is 0.341 e. The molecule has 8 heteroatoms. The van der Waals surface area contributed by atoms with E-state index in [2.05, 4.69) is 5.10 Å². The van der Waals surface area contributed by atoms with E-state index in [1.54, 1.807) is 13.0 Å². The first-order valence-electron chi connectivity index (χ1n) is 6.14. The van der Waals surface area contributed by atoms with Crippen molar-refractivity contribution in [1.29, 1.82) is 0 Å². The van der Waals surface area contributed by atoms with Crippen molar-refractivity contribution in [2.24, 2.45) is 0 Å². The van der Waals surface area contributed by atoms with E-state index in [4.69, 9.17) is 16.3 Å². The van der Waals surface area contributed by atoms with Gasteiger partial charge in [0.1, 0.15) is 0 Å². The summed E-state index contributed by atoms with van der Waals surface area (Å²) in [4.78, 5) is 22.0. The Morgan fingerprint density at radius 1 is 1.52 bits per heavy atom. The highest BCUT2D eigenvalue weighted by Crippen LogP contribution is 2.26. The van der Waals surface area contributed by atoms with Gasteiger partial charge < -0.3 is 4.74 Å². The molecule has 0 saturated heterocycles. The minimum Gasteiger partial charge on any atom is -0.462 e. The van der Waals surface area contributed by atoms with Gasteiger partial charge in [-0.15, -0.1) is 0 Å². The highest BCUT2D eigenvalue weighted by molar-refractivity contribution is 6.31. The number of aromatic nitrogens is 2. The highest BCUT2D eigenvalue weighted by Gasteiger charge is 2.18. The number of halogens is 1. The summed E-state index contributed by atoms with van der Waals surface area (Å²) in [5, 5.41) is 15.3. The fourth-order valence-corrected chi connectivity index (χ4v) is 2.04. The first kappa shape index (κ1) is 15.0. The summed E-state index contributed by atoms with van der Waals surface area (Å²) in [5.74, 6) is -0.489. The third kappa shape index (κ3) is 3.38. The Labute approximate surface area is 125 Å². The van der Waals surface area contributed by atoms with Crippen LogP contribution in [0.5, 0.6) is 0 Å². The number of nitro groups is 1. The first-order valence-corrected chi connectivity index (χ1v) is 6.52. The van der Waals surface area contributed by atoms with Crippen LogP contribution in [0.25, 0.3) is 0 Å². The van der Waals surface area contributed by atoms with Crippen LogP contribution in [0.4, 0.5) is 5.69 Å². The SMILES string of the molecule is CCOC(=O)c1cnn(Cc2c(Cl)cccc2[N+](=O)[O-])c1. The molecule has 0 spiro atoms. The monoisotopic (exact) mass is 309 g/mol. The van der Waals surface area contributed by atoms with Crippen molar-refractivity contribution < 1.29 is 14.5 Å². The molecule has 0 amide bonds. The van der Waals surface area contributed by atoms with E-state index in [1.807, 2.05) is 0 Å². The number of esters is 1. The van der Waals surface area contributed by atoms with Crippen LogP contribution in [0.15, 0.2) is 30.6 Å². The molecule has 1 aromatic carbocycles. The number of nitro benzene ring substituents is 1. The highest BCUT2D eigenvalue weighted by atomic mass is 35.5. The van der Waals surface area contributed by atoms with Gasteiger partial charge in [-0.05, 0) is 13.0 Å². The molecule has 0 N–H and O–H groups in total.